The average molecular weight is 245 g/mol. The second-order valence-corrected chi connectivity index (χ2v) is 5.08. The van der Waals surface area contributed by atoms with E-state index in [9.17, 15) is 4.39 Å². The highest BCUT2D eigenvalue weighted by Gasteiger charge is 2.17. The first-order valence-corrected chi connectivity index (χ1v) is 5.74. The summed E-state index contributed by atoms with van der Waals surface area (Å²) in [6.45, 7) is 3.91. The second kappa shape index (κ2) is 3.61. The Hall–Kier alpha value is -0.870. The third-order valence-electron chi connectivity index (χ3n) is 2.21. The number of thiazole rings is 1. The zero-order valence-corrected chi connectivity index (χ0v) is 9.92. The Morgan fingerprint density at radius 2 is 2.20 bits per heavy atom. The zero-order valence-electron chi connectivity index (χ0n) is 8.34. The maximum atomic E-state index is 13.5. The van der Waals surface area contributed by atoms with E-state index in [1.807, 2.05) is 13.8 Å². The Morgan fingerprint density at radius 3 is 2.80 bits per heavy atom. The molecule has 0 saturated carbocycles. The first-order valence-electron chi connectivity index (χ1n) is 4.54. The molecule has 0 atom stereocenters. The van der Waals surface area contributed by atoms with Gasteiger partial charge in [-0.2, -0.15) is 0 Å². The highest BCUT2D eigenvalue weighted by atomic mass is 35.5. The summed E-state index contributed by atoms with van der Waals surface area (Å²) < 4.78 is 14.2. The average Bonchev–Trinajstić information content (AvgIpc) is 2.46. The number of halogens is 2. The van der Waals surface area contributed by atoms with E-state index in [-0.39, 0.29) is 10.9 Å². The molecule has 80 valence electrons. The van der Waals surface area contributed by atoms with Crippen LogP contribution in [0.15, 0.2) is 6.07 Å². The molecule has 15 heavy (non-hydrogen) atoms. The van der Waals surface area contributed by atoms with Crippen LogP contribution in [0, 0.1) is 5.82 Å². The molecular weight excluding hydrogens is 235 g/mol. The van der Waals surface area contributed by atoms with Crippen molar-refractivity contribution in [1.82, 2.24) is 4.98 Å². The van der Waals surface area contributed by atoms with Gasteiger partial charge in [0.1, 0.15) is 5.82 Å². The maximum Gasteiger partial charge on any atom is 0.181 e. The number of fused-ring (bicyclic) bond motifs is 1. The van der Waals surface area contributed by atoms with Crippen LogP contribution >= 0.6 is 22.9 Å². The van der Waals surface area contributed by atoms with Crippen molar-refractivity contribution >= 4 is 38.3 Å². The first kappa shape index (κ1) is 10.6. The molecule has 1 aromatic heterocycles. The van der Waals surface area contributed by atoms with Gasteiger partial charge in [-0.15, -0.1) is 0 Å². The van der Waals surface area contributed by atoms with Gasteiger partial charge in [0.25, 0.3) is 0 Å². The minimum Gasteiger partial charge on any atom is -0.375 e. The molecule has 0 radical (unpaired) electrons. The second-order valence-electron chi connectivity index (χ2n) is 3.64. The summed E-state index contributed by atoms with van der Waals surface area (Å²) in [5, 5.41) is 0.594. The number of nitrogens with zero attached hydrogens (tertiary/aromatic N) is 1. The van der Waals surface area contributed by atoms with Gasteiger partial charge in [0, 0.05) is 5.56 Å². The third-order valence-corrected chi connectivity index (χ3v) is 3.42. The standard InChI is InChI=1S/C10H10ClFN2S/c1-4(2)7-8(11)5(12)3-6-9(7)14-10(13)15-6/h3-4H,1-2H3,(H2,13,14). The van der Waals surface area contributed by atoms with E-state index in [0.717, 1.165) is 15.8 Å². The lowest BCUT2D eigenvalue weighted by Crippen LogP contribution is -1.94. The lowest BCUT2D eigenvalue weighted by molar-refractivity contribution is 0.626. The fraction of sp³-hybridized carbons (Fsp3) is 0.300. The molecular formula is C10H10ClFN2S. The number of rotatable bonds is 1. The SMILES string of the molecule is CC(C)c1c(Cl)c(F)cc2sc(N)nc12. The maximum absolute atomic E-state index is 13.5. The van der Waals surface area contributed by atoms with E-state index in [4.69, 9.17) is 17.3 Å². The number of hydrogen-bond acceptors (Lipinski definition) is 3. The Bertz CT molecular complexity index is 522. The number of anilines is 1. The smallest absolute Gasteiger partial charge is 0.181 e. The summed E-state index contributed by atoms with van der Waals surface area (Å²) >= 11 is 7.20. The van der Waals surface area contributed by atoms with Gasteiger partial charge in [-0.25, -0.2) is 9.37 Å². The number of nitrogens with two attached hydrogens (primary N) is 1. The van der Waals surface area contributed by atoms with Gasteiger partial charge in [-0.3, -0.25) is 0 Å². The number of benzene rings is 1. The van der Waals surface area contributed by atoms with Crippen LogP contribution in [-0.4, -0.2) is 4.98 Å². The molecule has 0 bridgehead atoms. The molecule has 0 spiro atoms. The topological polar surface area (TPSA) is 38.9 Å². The van der Waals surface area contributed by atoms with Crippen LogP contribution < -0.4 is 5.73 Å². The van der Waals surface area contributed by atoms with Crippen molar-refractivity contribution in [3.63, 3.8) is 0 Å². The summed E-state index contributed by atoms with van der Waals surface area (Å²) in [4.78, 5) is 4.18. The zero-order chi connectivity index (χ0) is 11.2. The van der Waals surface area contributed by atoms with Crippen molar-refractivity contribution in [1.29, 1.82) is 0 Å². The number of aromatic nitrogens is 1. The van der Waals surface area contributed by atoms with E-state index in [2.05, 4.69) is 4.98 Å². The fourth-order valence-corrected chi connectivity index (χ4v) is 2.72. The summed E-state index contributed by atoms with van der Waals surface area (Å²) in [6, 6.07) is 1.39. The fourth-order valence-electron chi connectivity index (χ4n) is 1.58. The van der Waals surface area contributed by atoms with Gasteiger partial charge in [0.05, 0.1) is 15.2 Å². The first-order chi connectivity index (χ1) is 7.00. The van der Waals surface area contributed by atoms with Crippen molar-refractivity contribution in [3.05, 3.63) is 22.5 Å². The van der Waals surface area contributed by atoms with E-state index in [1.165, 1.54) is 17.4 Å². The van der Waals surface area contributed by atoms with Crippen LogP contribution in [-0.2, 0) is 0 Å². The van der Waals surface area contributed by atoms with Gasteiger partial charge < -0.3 is 5.73 Å². The van der Waals surface area contributed by atoms with Crippen molar-refractivity contribution < 1.29 is 4.39 Å². The van der Waals surface area contributed by atoms with E-state index >= 15 is 0 Å². The van der Waals surface area contributed by atoms with Crippen LogP contribution in [0.1, 0.15) is 25.3 Å². The van der Waals surface area contributed by atoms with Crippen LogP contribution in [0.25, 0.3) is 10.2 Å². The highest BCUT2D eigenvalue weighted by molar-refractivity contribution is 7.22. The van der Waals surface area contributed by atoms with Crippen LogP contribution in [0.5, 0.6) is 0 Å². The monoisotopic (exact) mass is 244 g/mol. The summed E-state index contributed by atoms with van der Waals surface area (Å²) in [5.41, 5.74) is 7.06. The Labute approximate surface area is 95.9 Å². The minimum absolute atomic E-state index is 0.122. The quantitative estimate of drug-likeness (QED) is 0.829. The largest absolute Gasteiger partial charge is 0.375 e. The van der Waals surface area contributed by atoms with Crippen molar-refractivity contribution in [3.8, 4) is 0 Å². The Kier molecular flexibility index (Phi) is 2.56. The molecule has 5 heteroatoms. The van der Waals surface area contributed by atoms with Gasteiger partial charge in [-0.1, -0.05) is 36.8 Å². The normalized spacial score (nSPS) is 11.5. The molecule has 0 saturated heterocycles. The molecule has 2 N–H and O–H groups in total. The van der Waals surface area contributed by atoms with Gasteiger partial charge in [-0.05, 0) is 12.0 Å². The Balaban J connectivity index is 2.88. The van der Waals surface area contributed by atoms with Crippen LogP contribution in [0.2, 0.25) is 5.02 Å². The molecule has 0 fully saturated rings. The Morgan fingerprint density at radius 1 is 1.53 bits per heavy atom. The van der Waals surface area contributed by atoms with E-state index in [0.29, 0.717) is 5.13 Å². The molecule has 0 aliphatic rings. The number of hydrogen-bond donors (Lipinski definition) is 1. The van der Waals surface area contributed by atoms with Crippen LogP contribution in [0.4, 0.5) is 9.52 Å². The van der Waals surface area contributed by atoms with Crippen molar-refractivity contribution in [2.24, 2.45) is 0 Å². The molecule has 2 nitrogen and oxygen atoms in total. The molecule has 2 rings (SSSR count). The molecule has 2 aromatic rings. The molecule has 1 aromatic carbocycles. The van der Waals surface area contributed by atoms with Gasteiger partial charge in [0.15, 0.2) is 5.13 Å². The molecule has 0 amide bonds. The molecule has 1 heterocycles. The number of nitrogen functional groups attached to an aromatic ring is 1. The summed E-state index contributed by atoms with van der Waals surface area (Å²) in [7, 11) is 0. The highest BCUT2D eigenvalue weighted by Crippen LogP contribution is 2.36. The van der Waals surface area contributed by atoms with E-state index in [1.54, 1.807) is 0 Å². The van der Waals surface area contributed by atoms with Gasteiger partial charge >= 0.3 is 0 Å². The lowest BCUT2D eigenvalue weighted by Gasteiger charge is -2.09. The molecule has 0 aliphatic heterocycles. The minimum atomic E-state index is -0.406. The predicted molar refractivity (Wildman–Crippen MR) is 63.1 cm³/mol. The molecule has 0 aliphatic carbocycles. The van der Waals surface area contributed by atoms with Crippen molar-refractivity contribution in [2.75, 3.05) is 5.73 Å². The summed E-state index contributed by atoms with van der Waals surface area (Å²) in [6.07, 6.45) is 0. The van der Waals surface area contributed by atoms with Crippen LogP contribution in [0.3, 0.4) is 0 Å². The molecule has 0 unspecified atom stereocenters. The van der Waals surface area contributed by atoms with Gasteiger partial charge in [0.2, 0.25) is 0 Å². The predicted octanol–water partition coefficient (Wildman–Crippen LogP) is 3.79. The summed E-state index contributed by atoms with van der Waals surface area (Å²) in [5.74, 6) is -0.284. The van der Waals surface area contributed by atoms with Crippen molar-refractivity contribution in [2.45, 2.75) is 19.8 Å². The third kappa shape index (κ3) is 1.68. The van der Waals surface area contributed by atoms with E-state index < -0.39 is 5.82 Å². The lowest BCUT2D eigenvalue weighted by atomic mass is 10.0.